The second-order valence-corrected chi connectivity index (χ2v) is 7.95. The van der Waals surface area contributed by atoms with Gasteiger partial charge in [-0.2, -0.15) is 0 Å². The molecule has 1 unspecified atom stereocenters. The Labute approximate surface area is 154 Å². The first kappa shape index (κ1) is 17.7. The van der Waals surface area contributed by atoms with E-state index in [0.29, 0.717) is 5.92 Å². The van der Waals surface area contributed by atoms with Crippen molar-refractivity contribution < 1.29 is 4.74 Å². The third-order valence-corrected chi connectivity index (χ3v) is 5.93. The Kier molecular flexibility index (Phi) is 6.09. The Hall–Kier alpha value is -1.16. The zero-order valence-corrected chi connectivity index (χ0v) is 15.9. The predicted octanol–water partition coefficient (Wildman–Crippen LogP) is 5.10. The summed E-state index contributed by atoms with van der Waals surface area (Å²) in [4.78, 5) is 3.82. The molecule has 0 saturated carbocycles. The molecule has 0 saturated heterocycles. The Morgan fingerprint density at radius 2 is 2.12 bits per heavy atom. The maximum Gasteiger partial charge on any atom is 0.119 e. The molecule has 0 bridgehead atoms. The van der Waals surface area contributed by atoms with Crippen molar-refractivity contribution in [3.63, 3.8) is 0 Å². The van der Waals surface area contributed by atoms with E-state index in [2.05, 4.69) is 42.3 Å². The quantitative estimate of drug-likeness (QED) is 0.710. The van der Waals surface area contributed by atoms with Crippen molar-refractivity contribution in [2.75, 3.05) is 33.0 Å². The number of methoxy groups -OCH3 is 1. The number of rotatable bonds is 6. The first-order valence-electron chi connectivity index (χ1n) is 8.39. The predicted molar refractivity (Wildman–Crippen MR) is 104 cm³/mol. The third-order valence-electron chi connectivity index (χ3n) is 4.59. The molecule has 24 heavy (non-hydrogen) atoms. The van der Waals surface area contributed by atoms with Gasteiger partial charge in [0.05, 0.1) is 7.11 Å². The van der Waals surface area contributed by atoms with Crippen LogP contribution in [-0.4, -0.2) is 37.9 Å². The van der Waals surface area contributed by atoms with E-state index in [1.807, 2.05) is 23.9 Å². The molecule has 3 rings (SSSR count). The summed E-state index contributed by atoms with van der Waals surface area (Å²) < 4.78 is 5.36. The van der Waals surface area contributed by atoms with Crippen LogP contribution in [0.25, 0.3) is 0 Å². The first-order valence-corrected chi connectivity index (χ1v) is 9.76. The number of benzene rings is 2. The molecule has 1 aliphatic rings. The number of thioether (sulfide) groups is 1. The van der Waals surface area contributed by atoms with E-state index in [9.17, 15) is 0 Å². The lowest BCUT2D eigenvalue weighted by Crippen LogP contribution is -2.28. The van der Waals surface area contributed by atoms with Gasteiger partial charge in [0.2, 0.25) is 0 Å². The lowest BCUT2D eigenvalue weighted by molar-refractivity contribution is 0.309. The molecule has 1 aliphatic heterocycles. The molecular weight excluding hydrogens is 338 g/mol. The maximum absolute atomic E-state index is 6.07. The van der Waals surface area contributed by atoms with Crippen LogP contribution in [0.3, 0.4) is 0 Å². The summed E-state index contributed by atoms with van der Waals surface area (Å²) in [6.45, 7) is 2.15. The number of hydrogen-bond donors (Lipinski definition) is 0. The van der Waals surface area contributed by atoms with Crippen LogP contribution in [0.2, 0.25) is 5.02 Å². The molecule has 128 valence electrons. The topological polar surface area (TPSA) is 12.5 Å². The fourth-order valence-corrected chi connectivity index (χ4v) is 4.68. The van der Waals surface area contributed by atoms with E-state index in [0.717, 1.165) is 30.3 Å². The van der Waals surface area contributed by atoms with Gasteiger partial charge in [-0.3, -0.25) is 0 Å². The van der Waals surface area contributed by atoms with Crippen LogP contribution in [0, 0.1) is 0 Å². The molecule has 0 aromatic heterocycles. The van der Waals surface area contributed by atoms with Gasteiger partial charge in [-0.05, 0) is 67.0 Å². The SMILES string of the molecule is COc1ccc2c(c1)SCCC2CN(C)CCc1cccc(Cl)c1. The minimum absolute atomic E-state index is 0.608. The highest BCUT2D eigenvalue weighted by atomic mass is 35.5. The molecule has 1 atom stereocenters. The van der Waals surface area contributed by atoms with Crippen molar-refractivity contribution in [1.29, 1.82) is 0 Å². The highest BCUT2D eigenvalue weighted by Gasteiger charge is 2.22. The summed E-state index contributed by atoms with van der Waals surface area (Å²) in [7, 11) is 3.95. The summed E-state index contributed by atoms with van der Waals surface area (Å²) in [5.74, 6) is 2.75. The number of hydrogen-bond acceptors (Lipinski definition) is 3. The number of ether oxygens (including phenoxy) is 1. The molecule has 4 heteroatoms. The first-order chi connectivity index (χ1) is 11.7. The van der Waals surface area contributed by atoms with Crippen LogP contribution in [0.15, 0.2) is 47.4 Å². The van der Waals surface area contributed by atoms with Crippen molar-refractivity contribution in [3.8, 4) is 5.75 Å². The van der Waals surface area contributed by atoms with Gasteiger partial charge < -0.3 is 9.64 Å². The van der Waals surface area contributed by atoms with E-state index < -0.39 is 0 Å². The third kappa shape index (κ3) is 4.47. The average Bonchev–Trinajstić information content (AvgIpc) is 2.60. The van der Waals surface area contributed by atoms with Crippen LogP contribution in [0.5, 0.6) is 5.75 Å². The van der Waals surface area contributed by atoms with E-state index in [4.69, 9.17) is 16.3 Å². The lowest BCUT2D eigenvalue weighted by Gasteiger charge is -2.29. The highest BCUT2D eigenvalue weighted by molar-refractivity contribution is 7.99. The van der Waals surface area contributed by atoms with Gasteiger partial charge in [0.1, 0.15) is 5.75 Å². The average molecular weight is 362 g/mol. The highest BCUT2D eigenvalue weighted by Crippen LogP contribution is 2.39. The molecule has 0 aliphatic carbocycles. The number of fused-ring (bicyclic) bond motifs is 1. The molecule has 2 aromatic rings. The minimum Gasteiger partial charge on any atom is -0.497 e. The van der Waals surface area contributed by atoms with Gasteiger partial charge in [0.25, 0.3) is 0 Å². The Morgan fingerprint density at radius 3 is 2.92 bits per heavy atom. The monoisotopic (exact) mass is 361 g/mol. The summed E-state index contributed by atoms with van der Waals surface area (Å²) in [5.41, 5.74) is 2.78. The Morgan fingerprint density at radius 1 is 1.25 bits per heavy atom. The zero-order valence-electron chi connectivity index (χ0n) is 14.3. The van der Waals surface area contributed by atoms with Crippen LogP contribution >= 0.6 is 23.4 Å². The number of halogens is 1. The van der Waals surface area contributed by atoms with Crippen LogP contribution < -0.4 is 4.74 Å². The summed E-state index contributed by atoms with van der Waals surface area (Å²) in [6.07, 6.45) is 2.28. The van der Waals surface area contributed by atoms with Gasteiger partial charge in [-0.25, -0.2) is 0 Å². The van der Waals surface area contributed by atoms with E-state index in [1.54, 1.807) is 7.11 Å². The van der Waals surface area contributed by atoms with Crippen LogP contribution in [0.4, 0.5) is 0 Å². The van der Waals surface area contributed by atoms with Gasteiger partial charge in [-0.15, -0.1) is 11.8 Å². The Balaban J connectivity index is 1.60. The second-order valence-electron chi connectivity index (χ2n) is 6.38. The molecule has 0 amide bonds. The number of likely N-dealkylation sites (N-methyl/N-ethyl adjacent to an activating group) is 1. The summed E-state index contributed by atoms with van der Waals surface area (Å²) >= 11 is 8.02. The van der Waals surface area contributed by atoms with Gasteiger partial charge in [-0.1, -0.05) is 29.8 Å². The largest absolute Gasteiger partial charge is 0.497 e. The lowest BCUT2D eigenvalue weighted by atomic mass is 9.95. The maximum atomic E-state index is 6.07. The van der Waals surface area contributed by atoms with Crippen molar-refractivity contribution in [1.82, 2.24) is 4.90 Å². The van der Waals surface area contributed by atoms with Gasteiger partial charge >= 0.3 is 0 Å². The Bertz CT molecular complexity index is 691. The molecule has 1 heterocycles. The minimum atomic E-state index is 0.608. The van der Waals surface area contributed by atoms with Crippen molar-refractivity contribution in [3.05, 3.63) is 58.6 Å². The molecule has 0 N–H and O–H groups in total. The molecule has 0 radical (unpaired) electrons. The normalized spacial score (nSPS) is 16.9. The van der Waals surface area contributed by atoms with Crippen molar-refractivity contribution >= 4 is 23.4 Å². The standard InChI is InChI=1S/C20H24ClNOS/c1-22(10-8-15-4-3-5-17(21)12-15)14-16-9-11-24-20-13-18(23-2)6-7-19(16)20/h3-7,12-13,16H,8-11,14H2,1-2H3. The number of nitrogens with zero attached hydrogens (tertiary/aromatic N) is 1. The van der Waals surface area contributed by atoms with E-state index in [1.165, 1.54) is 28.2 Å². The van der Waals surface area contributed by atoms with Crippen LogP contribution in [-0.2, 0) is 6.42 Å². The fraction of sp³-hybridized carbons (Fsp3) is 0.400. The van der Waals surface area contributed by atoms with Crippen molar-refractivity contribution in [2.45, 2.75) is 23.7 Å². The van der Waals surface area contributed by atoms with Crippen molar-refractivity contribution in [2.24, 2.45) is 0 Å². The second kappa shape index (κ2) is 8.28. The zero-order chi connectivity index (χ0) is 16.9. The summed E-state index contributed by atoms with van der Waals surface area (Å²) in [6, 6.07) is 14.7. The molecule has 0 spiro atoms. The van der Waals surface area contributed by atoms with E-state index in [-0.39, 0.29) is 0 Å². The summed E-state index contributed by atoms with van der Waals surface area (Å²) in [5, 5.41) is 0.822. The van der Waals surface area contributed by atoms with Gasteiger partial charge in [0.15, 0.2) is 0 Å². The van der Waals surface area contributed by atoms with E-state index >= 15 is 0 Å². The van der Waals surface area contributed by atoms with Crippen LogP contribution in [0.1, 0.15) is 23.5 Å². The molecular formula is C20H24ClNOS. The molecule has 2 aromatic carbocycles. The molecule has 2 nitrogen and oxygen atoms in total. The smallest absolute Gasteiger partial charge is 0.119 e. The molecule has 0 fully saturated rings. The van der Waals surface area contributed by atoms with Gasteiger partial charge in [0, 0.05) is 23.0 Å². The fourth-order valence-electron chi connectivity index (χ4n) is 3.24.